The lowest BCUT2D eigenvalue weighted by molar-refractivity contribution is -0.310. The molecule has 0 bridgehead atoms. The Kier molecular flexibility index (Phi) is 10.3. The van der Waals surface area contributed by atoms with Gasteiger partial charge in [-0.3, -0.25) is 14.8 Å². The summed E-state index contributed by atoms with van der Waals surface area (Å²) in [6, 6.07) is 0. The van der Waals surface area contributed by atoms with Crippen molar-refractivity contribution in [2.45, 2.75) is 58.8 Å². The third kappa shape index (κ3) is 7.85. The fourth-order valence-electron chi connectivity index (χ4n) is 4.61. The first-order valence-electron chi connectivity index (χ1n) is 10.8. The van der Waals surface area contributed by atoms with E-state index in [1.54, 1.807) is 0 Å². The molecule has 2 aliphatic carbocycles. The van der Waals surface area contributed by atoms with E-state index in [-0.39, 0.29) is 18.4 Å². The summed E-state index contributed by atoms with van der Waals surface area (Å²) in [7, 11) is 0. The molecule has 168 valence electrons. The van der Waals surface area contributed by atoms with Gasteiger partial charge in [-0.05, 0) is 55.8 Å². The molecule has 0 spiro atoms. The quantitative estimate of drug-likeness (QED) is 0.228. The van der Waals surface area contributed by atoms with Gasteiger partial charge in [0.05, 0.1) is 38.3 Å². The van der Waals surface area contributed by atoms with Gasteiger partial charge in [0, 0.05) is 6.42 Å². The van der Waals surface area contributed by atoms with Crippen molar-refractivity contribution < 1.29 is 39.4 Å². The number of hydrogen-bond donors (Lipinski definition) is 2. The van der Waals surface area contributed by atoms with Crippen molar-refractivity contribution in [1.82, 2.24) is 0 Å². The maximum absolute atomic E-state index is 12.2. The summed E-state index contributed by atoms with van der Waals surface area (Å²) in [6.07, 6.45) is 5.57. The second-order valence-electron chi connectivity index (χ2n) is 8.83. The van der Waals surface area contributed by atoms with Gasteiger partial charge in [-0.1, -0.05) is 20.3 Å². The van der Waals surface area contributed by atoms with Gasteiger partial charge in [0.2, 0.25) is 0 Å². The van der Waals surface area contributed by atoms with Crippen LogP contribution in [0, 0.1) is 35.5 Å². The number of carboxylic acid groups (broad SMARTS) is 1. The van der Waals surface area contributed by atoms with Crippen LogP contribution in [0.5, 0.6) is 0 Å². The van der Waals surface area contributed by atoms with Gasteiger partial charge >= 0.3 is 11.9 Å². The van der Waals surface area contributed by atoms with Gasteiger partial charge in [-0.2, -0.15) is 0 Å². The summed E-state index contributed by atoms with van der Waals surface area (Å²) in [5.74, 6) is -1.06. The van der Waals surface area contributed by atoms with Crippen LogP contribution in [0.4, 0.5) is 0 Å². The van der Waals surface area contributed by atoms with E-state index in [2.05, 4.69) is 11.8 Å². The number of rotatable bonds is 11. The maximum Gasteiger partial charge on any atom is 0.309 e. The summed E-state index contributed by atoms with van der Waals surface area (Å²) < 4.78 is 5.27. The molecule has 8 nitrogen and oxygen atoms in total. The Hall–Kier alpha value is -1.22. The normalized spacial score (nSPS) is 32.7. The molecule has 0 heterocycles. The van der Waals surface area contributed by atoms with Gasteiger partial charge in [0.25, 0.3) is 0 Å². The van der Waals surface area contributed by atoms with Crippen molar-refractivity contribution >= 4 is 11.9 Å². The fraction of sp³-hybridized carbons (Fsp3) is 0.905. The van der Waals surface area contributed by atoms with E-state index >= 15 is 0 Å². The predicted molar refractivity (Wildman–Crippen MR) is 104 cm³/mol. The van der Waals surface area contributed by atoms with Crippen molar-refractivity contribution in [2.75, 3.05) is 26.4 Å². The number of carbonyl (C=O) groups excluding carboxylic acids is 1. The zero-order chi connectivity index (χ0) is 21.2. The number of hydrogen-bond acceptors (Lipinski definition) is 7. The third-order valence-electron chi connectivity index (χ3n) is 6.40. The Morgan fingerprint density at radius 2 is 1.59 bits per heavy atom. The molecule has 0 aromatic carbocycles. The average molecular weight is 417 g/mol. The van der Waals surface area contributed by atoms with Gasteiger partial charge in [0.15, 0.2) is 0 Å². The van der Waals surface area contributed by atoms with Crippen molar-refractivity contribution in [1.29, 1.82) is 0 Å². The highest BCUT2D eigenvalue weighted by atomic mass is 17.2. The van der Waals surface area contributed by atoms with Crippen LogP contribution in [-0.2, 0) is 29.0 Å². The maximum atomic E-state index is 12.2. The van der Waals surface area contributed by atoms with Crippen LogP contribution in [-0.4, -0.2) is 48.7 Å². The molecule has 2 rings (SSSR count). The fourth-order valence-corrected chi connectivity index (χ4v) is 4.61. The summed E-state index contributed by atoms with van der Waals surface area (Å²) in [4.78, 5) is 38.5. The zero-order valence-corrected chi connectivity index (χ0v) is 17.6. The van der Waals surface area contributed by atoms with Crippen LogP contribution in [0.25, 0.3) is 0 Å². The van der Waals surface area contributed by atoms with Crippen LogP contribution in [0.3, 0.4) is 0 Å². The summed E-state index contributed by atoms with van der Waals surface area (Å²) in [5.41, 5.74) is 0. The van der Waals surface area contributed by atoms with Crippen LogP contribution >= 0.6 is 0 Å². The molecule has 0 aromatic heterocycles. The standard InChI is InChI=1S/C21H36O8/c1-14-4-6-16(17(10-14)12-27-25)13-29-28-9-3-8-26-21(24)18-7-5-15(2)11-19(18)20(22)23/h14-19,25H,3-13H2,1-2H3,(H,22,23). The number of esters is 1. The lowest BCUT2D eigenvalue weighted by Crippen LogP contribution is -2.36. The van der Waals surface area contributed by atoms with Gasteiger partial charge in [-0.25, -0.2) is 14.7 Å². The Morgan fingerprint density at radius 3 is 2.31 bits per heavy atom. The van der Waals surface area contributed by atoms with Crippen LogP contribution in [0.15, 0.2) is 0 Å². The van der Waals surface area contributed by atoms with Crippen LogP contribution < -0.4 is 0 Å². The first kappa shape index (κ1) is 24.1. The molecule has 2 fully saturated rings. The Labute approximate surface area is 172 Å². The Balaban J connectivity index is 1.58. The van der Waals surface area contributed by atoms with Crippen molar-refractivity contribution in [3.8, 4) is 0 Å². The molecule has 2 N–H and O–H groups in total. The summed E-state index contributed by atoms with van der Waals surface area (Å²) in [5, 5.41) is 18.1. The van der Waals surface area contributed by atoms with E-state index in [0.29, 0.717) is 50.9 Å². The molecule has 8 heteroatoms. The van der Waals surface area contributed by atoms with E-state index in [9.17, 15) is 14.7 Å². The molecule has 0 radical (unpaired) electrons. The average Bonchev–Trinajstić information content (AvgIpc) is 2.68. The molecule has 6 unspecified atom stereocenters. The third-order valence-corrected chi connectivity index (χ3v) is 6.40. The molecule has 0 saturated heterocycles. The SMILES string of the molecule is CC1CCC(COOCCCOC(=O)C2CCC(C)CC2C(=O)O)C(COO)C1. The second kappa shape index (κ2) is 12.5. The molecule has 0 aliphatic heterocycles. The number of carboxylic acids is 1. The Morgan fingerprint density at radius 1 is 0.862 bits per heavy atom. The summed E-state index contributed by atoms with van der Waals surface area (Å²) >= 11 is 0. The first-order chi connectivity index (χ1) is 13.9. The smallest absolute Gasteiger partial charge is 0.309 e. The number of aliphatic carboxylic acids is 1. The van der Waals surface area contributed by atoms with E-state index in [0.717, 1.165) is 25.7 Å². The highest BCUT2D eigenvalue weighted by Gasteiger charge is 2.39. The minimum Gasteiger partial charge on any atom is -0.481 e. The van der Waals surface area contributed by atoms with Crippen molar-refractivity contribution in [2.24, 2.45) is 35.5 Å². The molecule has 29 heavy (non-hydrogen) atoms. The number of carbonyl (C=O) groups is 2. The van der Waals surface area contributed by atoms with Crippen LogP contribution in [0.1, 0.15) is 58.8 Å². The monoisotopic (exact) mass is 416 g/mol. The highest BCUT2D eigenvalue weighted by Crippen LogP contribution is 2.35. The van der Waals surface area contributed by atoms with E-state index in [1.807, 2.05) is 6.92 Å². The number of ether oxygens (including phenoxy) is 1. The Bertz CT molecular complexity index is 511. The lowest BCUT2D eigenvalue weighted by atomic mass is 9.74. The van der Waals surface area contributed by atoms with Gasteiger partial charge in [0.1, 0.15) is 0 Å². The first-order valence-corrected chi connectivity index (χ1v) is 10.8. The zero-order valence-electron chi connectivity index (χ0n) is 17.6. The topological polar surface area (TPSA) is 112 Å². The minimum absolute atomic E-state index is 0.183. The van der Waals surface area contributed by atoms with Crippen molar-refractivity contribution in [3.05, 3.63) is 0 Å². The molecular formula is C21H36O8. The van der Waals surface area contributed by atoms with Gasteiger partial charge in [-0.15, -0.1) is 0 Å². The van der Waals surface area contributed by atoms with E-state index in [1.165, 1.54) is 0 Å². The van der Waals surface area contributed by atoms with Crippen LogP contribution in [0.2, 0.25) is 0 Å². The van der Waals surface area contributed by atoms with E-state index in [4.69, 9.17) is 19.8 Å². The predicted octanol–water partition coefficient (Wildman–Crippen LogP) is 3.55. The van der Waals surface area contributed by atoms with E-state index < -0.39 is 23.8 Å². The highest BCUT2D eigenvalue weighted by molar-refractivity contribution is 5.81. The minimum atomic E-state index is -0.919. The molecule has 0 aromatic rings. The summed E-state index contributed by atoms with van der Waals surface area (Å²) in [6.45, 7) is 5.45. The van der Waals surface area contributed by atoms with Crippen molar-refractivity contribution in [3.63, 3.8) is 0 Å². The molecule has 2 aliphatic rings. The molecular weight excluding hydrogens is 380 g/mol. The molecule has 6 atom stereocenters. The molecule has 0 amide bonds. The largest absolute Gasteiger partial charge is 0.481 e. The van der Waals surface area contributed by atoms with Gasteiger partial charge < -0.3 is 9.84 Å². The second-order valence-corrected chi connectivity index (χ2v) is 8.83. The molecule has 2 saturated carbocycles. The lowest BCUT2D eigenvalue weighted by Gasteiger charge is -2.33.